The van der Waals surface area contributed by atoms with Crippen LogP contribution in [-0.2, 0) is 0 Å². The lowest BCUT2D eigenvalue weighted by Crippen LogP contribution is -2.26. The highest BCUT2D eigenvalue weighted by Crippen LogP contribution is 2.33. The SMILES string of the molecule is COc1cc([C@@H](C)NC(=O)c2ccc(C)o2)ccc1OC1CCCC1. The lowest BCUT2D eigenvalue weighted by molar-refractivity contribution is 0.0910. The fourth-order valence-corrected chi connectivity index (χ4v) is 3.14. The molecule has 2 aromatic rings. The number of nitrogens with one attached hydrogen (secondary N) is 1. The van der Waals surface area contributed by atoms with E-state index in [0.717, 1.165) is 24.2 Å². The Morgan fingerprint density at radius 1 is 1.20 bits per heavy atom. The van der Waals surface area contributed by atoms with Crippen LogP contribution in [0.1, 0.15) is 60.5 Å². The maximum Gasteiger partial charge on any atom is 0.287 e. The highest BCUT2D eigenvalue weighted by atomic mass is 16.5. The van der Waals surface area contributed by atoms with E-state index >= 15 is 0 Å². The molecule has 1 N–H and O–H groups in total. The lowest BCUT2D eigenvalue weighted by Gasteiger charge is -2.19. The molecule has 134 valence electrons. The quantitative estimate of drug-likeness (QED) is 0.844. The van der Waals surface area contributed by atoms with Crippen LogP contribution in [0.5, 0.6) is 11.5 Å². The minimum atomic E-state index is -0.231. The van der Waals surface area contributed by atoms with Crippen molar-refractivity contribution in [2.75, 3.05) is 7.11 Å². The Kier molecular flexibility index (Phi) is 5.31. The van der Waals surface area contributed by atoms with E-state index in [0.29, 0.717) is 17.3 Å². The van der Waals surface area contributed by atoms with E-state index in [9.17, 15) is 4.79 Å². The lowest BCUT2D eigenvalue weighted by atomic mass is 10.1. The fourth-order valence-electron chi connectivity index (χ4n) is 3.14. The number of hydrogen-bond donors (Lipinski definition) is 1. The topological polar surface area (TPSA) is 60.7 Å². The Morgan fingerprint density at radius 3 is 2.60 bits per heavy atom. The summed E-state index contributed by atoms with van der Waals surface area (Å²) in [6, 6.07) is 9.08. The average Bonchev–Trinajstić information content (AvgIpc) is 3.26. The standard InChI is InChI=1S/C20H25NO4/c1-13-8-10-18(24-13)20(22)21-14(2)15-9-11-17(19(12-15)23-3)25-16-6-4-5-7-16/h8-12,14,16H,4-7H2,1-3H3,(H,21,22)/t14-/m1/s1. The van der Waals surface area contributed by atoms with E-state index in [1.165, 1.54) is 12.8 Å². The molecule has 1 heterocycles. The van der Waals surface area contributed by atoms with Gasteiger partial charge in [0.1, 0.15) is 5.76 Å². The third-order valence-electron chi connectivity index (χ3n) is 4.60. The molecule has 1 aliphatic rings. The van der Waals surface area contributed by atoms with Gasteiger partial charge in [-0.3, -0.25) is 4.79 Å². The smallest absolute Gasteiger partial charge is 0.287 e. The zero-order chi connectivity index (χ0) is 17.8. The van der Waals surface area contributed by atoms with Gasteiger partial charge in [-0.1, -0.05) is 6.07 Å². The van der Waals surface area contributed by atoms with E-state index in [2.05, 4.69) is 5.32 Å². The number of rotatable bonds is 6. The first-order valence-electron chi connectivity index (χ1n) is 8.78. The minimum absolute atomic E-state index is 0.174. The summed E-state index contributed by atoms with van der Waals surface area (Å²) in [4.78, 5) is 12.2. The molecule has 25 heavy (non-hydrogen) atoms. The van der Waals surface area contributed by atoms with Crippen LogP contribution in [0, 0.1) is 6.92 Å². The number of hydrogen-bond acceptors (Lipinski definition) is 4. The molecule has 5 nitrogen and oxygen atoms in total. The maximum absolute atomic E-state index is 12.2. The zero-order valence-electron chi connectivity index (χ0n) is 15.0. The Balaban J connectivity index is 1.69. The molecule has 3 rings (SSSR count). The first-order chi connectivity index (χ1) is 12.1. The van der Waals surface area contributed by atoms with Crippen LogP contribution in [0.2, 0.25) is 0 Å². The van der Waals surface area contributed by atoms with Crippen molar-refractivity contribution in [3.8, 4) is 11.5 Å². The molecule has 1 amide bonds. The zero-order valence-corrected chi connectivity index (χ0v) is 15.0. The van der Waals surface area contributed by atoms with Crippen LogP contribution >= 0.6 is 0 Å². The summed E-state index contributed by atoms with van der Waals surface area (Å²) in [6.45, 7) is 3.74. The molecule has 1 aliphatic carbocycles. The van der Waals surface area contributed by atoms with Crippen molar-refractivity contribution in [3.05, 3.63) is 47.4 Å². The monoisotopic (exact) mass is 343 g/mol. The molecule has 0 bridgehead atoms. The first kappa shape index (κ1) is 17.4. The van der Waals surface area contributed by atoms with Gasteiger partial charge in [-0.15, -0.1) is 0 Å². The molecule has 0 radical (unpaired) electrons. The number of carbonyl (C=O) groups is 1. The van der Waals surface area contributed by atoms with Crippen LogP contribution in [0.3, 0.4) is 0 Å². The van der Waals surface area contributed by atoms with Gasteiger partial charge in [0.2, 0.25) is 0 Å². The molecule has 5 heteroatoms. The van der Waals surface area contributed by atoms with Crippen LogP contribution in [0.4, 0.5) is 0 Å². The highest BCUT2D eigenvalue weighted by Gasteiger charge is 2.20. The predicted octanol–water partition coefficient (Wildman–Crippen LogP) is 4.41. The van der Waals surface area contributed by atoms with E-state index in [-0.39, 0.29) is 18.1 Å². The third-order valence-corrected chi connectivity index (χ3v) is 4.60. The van der Waals surface area contributed by atoms with Crippen molar-refractivity contribution in [1.82, 2.24) is 5.32 Å². The predicted molar refractivity (Wildman–Crippen MR) is 95.2 cm³/mol. The Morgan fingerprint density at radius 2 is 1.96 bits per heavy atom. The van der Waals surface area contributed by atoms with Crippen LogP contribution < -0.4 is 14.8 Å². The molecule has 1 aromatic heterocycles. The van der Waals surface area contributed by atoms with Crippen molar-refractivity contribution in [2.45, 2.75) is 51.7 Å². The fraction of sp³-hybridized carbons (Fsp3) is 0.450. The van der Waals surface area contributed by atoms with Gasteiger partial charge >= 0.3 is 0 Å². The number of aryl methyl sites for hydroxylation is 1. The molecule has 1 fully saturated rings. The van der Waals surface area contributed by atoms with E-state index in [1.807, 2.05) is 32.0 Å². The average molecular weight is 343 g/mol. The summed E-state index contributed by atoms with van der Waals surface area (Å²) < 4.78 is 16.9. The van der Waals surface area contributed by atoms with Crippen molar-refractivity contribution in [2.24, 2.45) is 0 Å². The molecule has 0 unspecified atom stereocenters. The summed E-state index contributed by atoms with van der Waals surface area (Å²) in [7, 11) is 1.63. The number of carbonyl (C=O) groups excluding carboxylic acids is 1. The van der Waals surface area contributed by atoms with Gasteiger partial charge in [0.05, 0.1) is 19.3 Å². The van der Waals surface area contributed by atoms with Gasteiger partial charge < -0.3 is 19.2 Å². The highest BCUT2D eigenvalue weighted by molar-refractivity contribution is 5.91. The summed E-state index contributed by atoms with van der Waals surface area (Å²) in [5, 5.41) is 2.94. The number of amides is 1. The van der Waals surface area contributed by atoms with Gasteiger partial charge in [0.15, 0.2) is 17.3 Å². The third kappa shape index (κ3) is 4.16. The summed E-state index contributed by atoms with van der Waals surface area (Å²) in [5.74, 6) is 2.26. The number of furan rings is 1. The summed E-state index contributed by atoms with van der Waals surface area (Å²) in [5.41, 5.74) is 0.951. The molecule has 0 saturated heterocycles. The molecular weight excluding hydrogens is 318 g/mol. The van der Waals surface area contributed by atoms with Crippen molar-refractivity contribution < 1.29 is 18.7 Å². The van der Waals surface area contributed by atoms with Crippen molar-refractivity contribution in [1.29, 1.82) is 0 Å². The molecule has 1 atom stereocenters. The molecule has 0 spiro atoms. The number of methoxy groups -OCH3 is 1. The van der Waals surface area contributed by atoms with E-state index < -0.39 is 0 Å². The first-order valence-corrected chi connectivity index (χ1v) is 8.78. The molecule has 0 aliphatic heterocycles. The Labute approximate surface area is 148 Å². The largest absolute Gasteiger partial charge is 0.493 e. The maximum atomic E-state index is 12.2. The van der Waals surface area contributed by atoms with Crippen LogP contribution in [0.15, 0.2) is 34.7 Å². The van der Waals surface area contributed by atoms with Gasteiger partial charge in [0.25, 0.3) is 5.91 Å². The van der Waals surface area contributed by atoms with Gasteiger partial charge in [0, 0.05) is 0 Å². The van der Waals surface area contributed by atoms with Gasteiger partial charge in [-0.05, 0) is 69.4 Å². The molecule has 1 aromatic carbocycles. The Bertz CT molecular complexity index is 731. The van der Waals surface area contributed by atoms with Gasteiger partial charge in [-0.2, -0.15) is 0 Å². The minimum Gasteiger partial charge on any atom is -0.493 e. The Hall–Kier alpha value is -2.43. The van der Waals surface area contributed by atoms with Crippen LogP contribution in [0.25, 0.3) is 0 Å². The van der Waals surface area contributed by atoms with Gasteiger partial charge in [-0.25, -0.2) is 0 Å². The van der Waals surface area contributed by atoms with Crippen molar-refractivity contribution in [3.63, 3.8) is 0 Å². The second kappa shape index (κ2) is 7.64. The normalized spacial score (nSPS) is 15.8. The van der Waals surface area contributed by atoms with E-state index in [4.69, 9.17) is 13.9 Å². The molecule has 1 saturated carbocycles. The van der Waals surface area contributed by atoms with Crippen LogP contribution in [-0.4, -0.2) is 19.1 Å². The number of benzene rings is 1. The number of ether oxygens (including phenoxy) is 2. The van der Waals surface area contributed by atoms with Crippen molar-refractivity contribution >= 4 is 5.91 Å². The second-order valence-corrected chi connectivity index (χ2v) is 6.54. The second-order valence-electron chi connectivity index (χ2n) is 6.54. The van der Waals surface area contributed by atoms with E-state index in [1.54, 1.807) is 19.2 Å². The summed E-state index contributed by atoms with van der Waals surface area (Å²) >= 11 is 0. The summed E-state index contributed by atoms with van der Waals surface area (Å²) in [6.07, 6.45) is 4.92. The molecular formula is C20H25NO4.